The number of nitrogens with one attached hydrogen (secondary N) is 1. The van der Waals surface area contributed by atoms with Crippen LogP contribution in [0.5, 0.6) is 0 Å². The van der Waals surface area contributed by atoms with Crippen molar-refractivity contribution in [2.24, 2.45) is 0 Å². The Labute approximate surface area is 95.4 Å². The van der Waals surface area contributed by atoms with Gasteiger partial charge in [-0.1, -0.05) is 12.1 Å². The monoisotopic (exact) mass is 220 g/mol. The number of benzene rings is 1. The summed E-state index contributed by atoms with van der Waals surface area (Å²) < 4.78 is 13.9. The van der Waals surface area contributed by atoms with Crippen molar-refractivity contribution >= 4 is 0 Å². The zero-order chi connectivity index (χ0) is 11.0. The molecule has 1 aromatic rings. The second-order valence-corrected chi connectivity index (χ2v) is 4.70. The molecule has 0 spiro atoms. The van der Waals surface area contributed by atoms with Gasteiger partial charge in [0, 0.05) is 18.7 Å². The molecular weight excluding hydrogens is 203 g/mol. The fourth-order valence-electron chi connectivity index (χ4n) is 2.92. The number of rotatable bonds is 1. The first-order chi connectivity index (χ1) is 7.86. The SMILES string of the molecule is Fc1cccc2c1[C@H](N1CCCC1)CNC2. The van der Waals surface area contributed by atoms with E-state index < -0.39 is 0 Å². The summed E-state index contributed by atoms with van der Waals surface area (Å²) in [7, 11) is 0. The van der Waals surface area contributed by atoms with Crippen LogP contribution in [0.4, 0.5) is 4.39 Å². The third-order valence-electron chi connectivity index (χ3n) is 3.71. The van der Waals surface area contributed by atoms with Crippen molar-refractivity contribution in [1.82, 2.24) is 10.2 Å². The molecule has 16 heavy (non-hydrogen) atoms. The predicted molar refractivity (Wildman–Crippen MR) is 61.7 cm³/mol. The van der Waals surface area contributed by atoms with Gasteiger partial charge in [0.05, 0.1) is 6.04 Å². The Bertz CT molecular complexity index is 386. The van der Waals surface area contributed by atoms with E-state index in [1.165, 1.54) is 12.8 Å². The summed E-state index contributed by atoms with van der Waals surface area (Å²) in [5.41, 5.74) is 2.06. The number of nitrogens with zero attached hydrogens (tertiary/aromatic N) is 1. The van der Waals surface area contributed by atoms with E-state index in [1.54, 1.807) is 6.07 Å². The second kappa shape index (κ2) is 4.15. The smallest absolute Gasteiger partial charge is 0.128 e. The Balaban J connectivity index is 1.98. The molecular formula is C13H17FN2. The summed E-state index contributed by atoms with van der Waals surface area (Å²) in [5.74, 6) is -0.0316. The van der Waals surface area contributed by atoms with E-state index in [0.29, 0.717) is 0 Å². The first-order valence-electron chi connectivity index (χ1n) is 6.08. The highest BCUT2D eigenvalue weighted by molar-refractivity contribution is 5.33. The topological polar surface area (TPSA) is 15.3 Å². The zero-order valence-corrected chi connectivity index (χ0v) is 9.38. The van der Waals surface area contributed by atoms with Gasteiger partial charge in [-0.2, -0.15) is 0 Å². The highest BCUT2D eigenvalue weighted by Crippen LogP contribution is 2.31. The van der Waals surface area contributed by atoms with Crippen LogP contribution in [0.15, 0.2) is 18.2 Å². The van der Waals surface area contributed by atoms with Crippen molar-refractivity contribution in [3.63, 3.8) is 0 Å². The average molecular weight is 220 g/mol. The van der Waals surface area contributed by atoms with Crippen LogP contribution in [0.1, 0.15) is 30.0 Å². The van der Waals surface area contributed by atoms with Gasteiger partial charge in [-0.3, -0.25) is 4.90 Å². The molecule has 0 aromatic heterocycles. The van der Waals surface area contributed by atoms with E-state index in [9.17, 15) is 4.39 Å². The molecule has 3 heteroatoms. The fourth-order valence-corrected chi connectivity index (χ4v) is 2.92. The summed E-state index contributed by atoms with van der Waals surface area (Å²) in [6.07, 6.45) is 2.50. The molecule has 86 valence electrons. The normalized spacial score (nSPS) is 25.7. The molecule has 2 aliphatic heterocycles. The van der Waals surface area contributed by atoms with Gasteiger partial charge in [0.1, 0.15) is 5.82 Å². The number of halogens is 1. The van der Waals surface area contributed by atoms with E-state index in [2.05, 4.69) is 10.2 Å². The molecule has 2 aliphatic rings. The molecule has 1 fully saturated rings. The Morgan fingerprint density at radius 2 is 2.06 bits per heavy atom. The molecule has 2 heterocycles. The first kappa shape index (κ1) is 10.2. The third-order valence-corrected chi connectivity index (χ3v) is 3.71. The van der Waals surface area contributed by atoms with Crippen molar-refractivity contribution < 1.29 is 4.39 Å². The van der Waals surface area contributed by atoms with Crippen LogP contribution in [0.25, 0.3) is 0 Å². The first-order valence-corrected chi connectivity index (χ1v) is 6.08. The Hall–Kier alpha value is -0.930. The van der Waals surface area contributed by atoms with Gasteiger partial charge in [0.25, 0.3) is 0 Å². The van der Waals surface area contributed by atoms with Crippen LogP contribution in [0.3, 0.4) is 0 Å². The summed E-state index contributed by atoms with van der Waals surface area (Å²) >= 11 is 0. The van der Waals surface area contributed by atoms with Crippen molar-refractivity contribution in [1.29, 1.82) is 0 Å². The Kier molecular flexibility index (Phi) is 2.65. The number of hydrogen-bond acceptors (Lipinski definition) is 2. The Morgan fingerprint density at radius 1 is 1.25 bits per heavy atom. The van der Waals surface area contributed by atoms with Crippen LogP contribution in [-0.2, 0) is 6.54 Å². The highest BCUT2D eigenvalue weighted by atomic mass is 19.1. The number of fused-ring (bicyclic) bond motifs is 1. The second-order valence-electron chi connectivity index (χ2n) is 4.70. The summed E-state index contributed by atoms with van der Waals surface area (Å²) in [5, 5.41) is 3.39. The molecule has 2 nitrogen and oxygen atoms in total. The zero-order valence-electron chi connectivity index (χ0n) is 9.38. The maximum atomic E-state index is 13.9. The molecule has 1 N–H and O–H groups in total. The van der Waals surface area contributed by atoms with Gasteiger partial charge >= 0.3 is 0 Å². The minimum absolute atomic E-state index is 0.0316. The summed E-state index contributed by atoms with van der Waals surface area (Å²) in [6, 6.07) is 5.68. The van der Waals surface area contributed by atoms with Gasteiger partial charge < -0.3 is 5.32 Å². The quantitative estimate of drug-likeness (QED) is 0.779. The lowest BCUT2D eigenvalue weighted by atomic mass is 9.95. The van der Waals surface area contributed by atoms with Gasteiger partial charge in [0.15, 0.2) is 0 Å². The summed E-state index contributed by atoms with van der Waals surface area (Å²) in [6.45, 7) is 3.91. The highest BCUT2D eigenvalue weighted by Gasteiger charge is 2.29. The van der Waals surface area contributed by atoms with Crippen LogP contribution in [-0.4, -0.2) is 24.5 Å². The maximum Gasteiger partial charge on any atom is 0.128 e. The molecule has 0 amide bonds. The minimum atomic E-state index is -0.0316. The standard InChI is InChI=1S/C13H17FN2/c14-11-5-3-4-10-8-15-9-12(13(10)11)16-6-1-2-7-16/h3-5,12,15H,1-2,6-9H2/t12-/m1/s1. The lowest BCUT2D eigenvalue weighted by Crippen LogP contribution is -2.38. The Morgan fingerprint density at radius 3 is 2.88 bits per heavy atom. The molecule has 0 unspecified atom stereocenters. The minimum Gasteiger partial charge on any atom is -0.311 e. The lowest BCUT2D eigenvalue weighted by Gasteiger charge is -2.33. The van der Waals surface area contributed by atoms with Gasteiger partial charge in [-0.15, -0.1) is 0 Å². The van der Waals surface area contributed by atoms with Gasteiger partial charge in [-0.05, 0) is 37.6 Å². The largest absolute Gasteiger partial charge is 0.311 e. The summed E-state index contributed by atoms with van der Waals surface area (Å²) in [4.78, 5) is 2.41. The van der Waals surface area contributed by atoms with Gasteiger partial charge in [-0.25, -0.2) is 4.39 Å². The number of hydrogen-bond donors (Lipinski definition) is 1. The number of likely N-dealkylation sites (tertiary alicyclic amines) is 1. The van der Waals surface area contributed by atoms with Crippen LogP contribution >= 0.6 is 0 Å². The van der Waals surface area contributed by atoms with E-state index in [-0.39, 0.29) is 11.9 Å². The third kappa shape index (κ3) is 1.64. The maximum absolute atomic E-state index is 13.9. The van der Waals surface area contributed by atoms with Crippen molar-refractivity contribution in [2.45, 2.75) is 25.4 Å². The van der Waals surface area contributed by atoms with Crippen molar-refractivity contribution in [3.8, 4) is 0 Å². The predicted octanol–water partition coefficient (Wildman–Crippen LogP) is 2.07. The molecule has 3 rings (SSSR count). The van der Waals surface area contributed by atoms with Crippen molar-refractivity contribution in [3.05, 3.63) is 35.1 Å². The van der Waals surface area contributed by atoms with E-state index in [4.69, 9.17) is 0 Å². The molecule has 0 radical (unpaired) electrons. The van der Waals surface area contributed by atoms with Crippen LogP contribution in [0.2, 0.25) is 0 Å². The lowest BCUT2D eigenvalue weighted by molar-refractivity contribution is 0.223. The molecule has 1 aromatic carbocycles. The van der Waals surface area contributed by atoms with E-state index in [1.807, 2.05) is 12.1 Å². The fraction of sp³-hybridized carbons (Fsp3) is 0.538. The molecule has 0 bridgehead atoms. The molecule has 0 aliphatic carbocycles. The molecule has 0 saturated carbocycles. The molecule has 1 saturated heterocycles. The molecule has 1 atom stereocenters. The van der Waals surface area contributed by atoms with Gasteiger partial charge in [0.2, 0.25) is 0 Å². The van der Waals surface area contributed by atoms with Crippen LogP contribution < -0.4 is 5.32 Å². The average Bonchev–Trinajstić information content (AvgIpc) is 2.82. The van der Waals surface area contributed by atoms with E-state index in [0.717, 1.165) is 37.3 Å². The van der Waals surface area contributed by atoms with Crippen molar-refractivity contribution in [2.75, 3.05) is 19.6 Å². The van der Waals surface area contributed by atoms with Crippen LogP contribution in [0, 0.1) is 5.82 Å². The van der Waals surface area contributed by atoms with E-state index >= 15 is 0 Å².